The Bertz CT molecular complexity index is 1420. The van der Waals surface area contributed by atoms with Gasteiger partial charge >= 0.3 is 0 Å². The maximum Gasteiger partial charge on any atom is 0.231 e. The third-order valence-electron chi connectivity index (χ3n) is 5.32. The van der Waals surface area contributed by atoms with Gasteiger partial charge in [0.25, 0.3) is 0 Å². The van der Waals surface area contributed by atoms with E-state index in [1.807, 2.05) is 24.3 Å². The minimum Gasteiger partial charge on any atom is -0.454 e. The molecular formula is C23H12Cl2O2. The molecule has 0 spiro atoms. The summed E-state index contributed by atoms with van der Waals surface area (Å²) in [7, 11) is 0. The smallest absolute Gasteiger partial charge is 0.231 e. The zero-order chi connectivity index (χ0) is 18.1. The van der Waals surface area contributed by atoms with Crippen LogP contribution in [0, 0.1) is 0 Å². The molecule has 0 amide bonds. The van der Waals surface area contributed by atoms with Gasteiger partial charge in [-0.3, -0.25) is 0 Å². The molecule has 1 heterocycles. The van der Waals surface area contributed by atoms with Crippen molar-refractivity contribution in [3.05, 3.63) is 70.7 Å². The van der Waals surface area contributed by atoms with Crippen LogP contribution in [0.3, 0.4) is 0 Å². The lowest BCUT2D eigenvalue weighted by atomic mass is 9.97. The highest BCUT2D eigenvalue weighted by Crippen LogP contribution is 2.45. The van der Waals surface area contributed by atoms with Crippen LogP contribution in [0.25, 0.3) is 43.1 Å². The predicted molar refractivity (Wildman–Crippen MR) is 113 cm³/mol. The van der Waals surface area contributed by atoms with Crippen molar-refractivity contribution in [2.75, 3.05) is 6.79 Å². The Kier molecular flexibility index (Phi) is 3.09. The fraction of sp³-hybridized carbons (Fsp3) is 0.0435. The van der Waals surface area contributed by atoms with Crippen LogP contribution in [0.1, 0.15) is 0 Å². The largest absolute Gasteiger partial charge is 0.454 e. The summed E-state index contributed by atoms with van der Waals surface area (Å²) in [5.41, 5.74) is 0. The molecule has 0 fully saturated rings. The van der Waals surface area contributed by atoms with E-state index in [1.165, 1.54) is 0 Å². The third-order valence-corrected chi connectivity index (χ3v) is 6.14. The average molecular weight is 391 g/mol. The summed E-state index contributed by atoms with van der Waals surface area (Å²) in [6.07, 6.45) is 0. The first kappa shape index (κ1) is 15.4. The zero-order valence-corrected chi connectivity index (χ0v) is 15.6. The number of benzene rings is 5. The summed E-state index contributed by atoms with van der Waals surface area (Å²) in [4.78, 5) is 0. The van der Waals surface area contributed by atoms with E-state index in [2.05, 4.69) is 36.4 Å². The molecule has 0 bridgehead atoms. The molecule has 0 saturated carbocycles. The fourth-order valence-corrected chi connectivity index (χ4v) is 4.62. The first-order chi connectivity index (χ1) is 13.2. The Morgan fingerprint density at radius 1 is 0.593 bits per heavy atom. The number of rotatable bonds is 0. The van der Waals surface area contributed by atoms with Gasteiger partial charge in [-0.1, -0.05) is 53.5 Å². The molecule has 1 aliphatic heterocycles. The van der Waals surface area contributed by atoms with E-state index < -0.39 is 0 Å². The lowest BCUT2D eigenvalue weighted by Crippen LogP contribution is -1.93. The number of fused-ring (bicyclic) bond motifs is 6. The van der Waals surface area contributed by atoms with E-state index in [-0.39, 0.29) is 6.79 Å². The van der Waals surface area contributed by atoms with E-state index in [9.17, 15) is 0 Å². The summed E-state index contributed by atoms with van der Waals surface area (Å²) in [5.74, 6) is 1.52. The van der Waals surface area contributed by atoms with E-state index in [1.54, 1.807) is 0 Å². The fourth-order valence-electron chi connectivity index (χ4n) is 4.00. The lowest BCUT2D eigenvalue weighted by molar-refractivity contribution is 0.175. The first-order valence-corrected chi connectivity index (χ1v) is 9.42. The quantitative estimate of drug-likeness (QED) is 0.257. The van der Waals surface area contributed by atoms with Crippen molar-refractivity contribution in [1.82, 2.24) is 0 Å². The maximum atomic E-state index is 6.87. The molecule has 27 heavy (non-hydrogen) atoms. The van der Waals surface area contributed by atoms with E-state index in [4.69, 9.17) is 32.7 Å². The average Bonchev–Trinajstić information content (AvgIpc) is 3.19. The Balaban J connectivity index is 1.81. The second kappa shape index (κ2) is 5.41. The molecule has 0 unspecified atom stereocenters. The monoisotopic (exact) mass is 390 g/mol. The molecule has 5 aromatic carbocycles. The van der Waals surface area contributed by atoms with E-state index in [0.717, 1.165) is 59.6 Å². The van der Waals surface area contributed by atoms with Crippen molar-refractivity contribution in [3.8, 4) is 11.5 Å². The third kappa shape index (κ3) is 2.08. The molecule has 0 saturated heterocycles. The van der Waals surface area contributed by atoms with Crippen LogP contribution >= 0.6 is 23.2 Å². The van der Waals surface area contributed by atoms with Gasteiger partial charge in [-0.15, -0.1) is 0 Å². The molecule has 0 aliphatic carbocycles. The molecule has 0 radical (unpaired) electrons. The van der Waals surface area contributed by atoms with Gasteiger partial charge in [0.2, 0.25) is 6.79 Å². The number of ether oxygens (including phenoxy) is 2. The minimum atomic E-state index is 0.241. The van der Waals surface area contributed by atoms with Gasteiger partial charge < -0.3 is 9.47 Å². The molecule has 6 rings (SSSR count). The Hall–Kier alpha value is -2.68. The summed E-state index contributed by atoms with van der Waals surface area (Å²) in [5, 5.41) is 9.51. The van der Waals surface area contributed by atoms with Gasteiger partial charge in [-0.2, -0.15) is 0 Å². The Labute approximate surface area is 164 Å². The predicted octanol–water partition coefficient (Wildman–Crippen LogP) is 7.33. The molecule has 0 atom stereocenters. The maximum absolute atomic E-state index is 6.87. The second-order valence-electron chi connectivity index (χ2n) is 6.79. The van der Waals surface area contributed by atoms with Crippen LogP contribution in [-0.2, 0) is 0 Å². The van der Waals surface area contributed by atoms with Gasteiger partial charge in [-0.05, 0) is 46.5 Å². The van der Waals surface area contributed by atoms with Gasteiger partial charge in [-0.25, -0.2) is 0 Å². The number of hydrogen-bond acceptors (Lipinski definition) is 2. The first-order valence-electron chi connectivity index (χ1n) is 8.66. The number of hydrogen-bond donors (Lipinski definition) is 0. The molecule has 4 heteroatoms. The van der Waals surface area contributed by atoms with Crippen molar-refractivity contribution in [2.45, 2.75) is 0 Å². The van der Waals surface area contributed by atoms with Gasteiger partial charge in [0, 0.05) is 26.9 Å². The molecular weight excluding hydrogens is 379 g/mol. The molecule has 0 aromatic heterocycles. The normalized spacial score (nSPS) is 13.3. The topological polar surface area (TPSA) is 18.5 Å². The molecule has 0 N–H and O–H groups in total. The standard InChI is InChI=1S/C23H12Cl2O2/c24-21-16-7-12-3-1-2-4-13(12)8-17(16)22(25)19-10-15-14(9-18(19)21)5-6-20-23(15)27-11-26-20/h1-10H,11H2. The molecule has 5 aromatic rings. The van der Waals surface area contributed by atoms with Crippen LogP contribution in [0.5, 0.6) is 11.5 Å². The Morgan fingerprint density at radius 2 is 1.19 bits per heavy atom. The second-order valence-corrected chi connectivity index (χ2v) is 7.55. The van der Waals surface area contributed by atoms with Crippen LogP contribution < -0.4 is 9.47 Å². The molecule has 1 aliphatic rings. The molecule has 2 nitrogen and oxygen atoms in total. The van der Waals surface area contributed by atoms with Gasteiger partial charge in [0.15, 0.2) is 11.5 Å². The van der Waals surface area contributed by atoms with Crippen molar-refractivity contribution in [2.24, 2.45) is 0 Å². The van der Waals surface area contributed by atoms with Crippen molar-refractivity contribution >= 4 is 66.3 Å². The van der Waals surface area contributed by atoms with Crippen LogP contribution in [0.4, 0.5) is 0 Å². The van der Waals surface area contributed by atoms with Gasteiger partial charge in [0.1, 0.15) is 0 Å². The van der Waals surface area contributed by atoms with Crippen LogP contribution in [-0.4, -0.2) is 6.79 Å². The highest BCUT2D eigenvalue weighted by Gasteiger charge is 2.19. The SMILES string of the molecule is Clc1c2cc3ccccc3cc2c(Cl)c2cc3c4c(ccc3cc12)OCO4. The van der Waals surface area contributed by atoms with Crippen LogP contribution in [0.2, 0.25) is 10.0 Å². The lowest BCUT2D eigenvalue weighted by Gasteiger charge is -2.13. The van der Waals surface area contributed by atoms with E-state index in [0.29, 0.717) is 5.02 Å². The summed E-state index contributed by atoms with van der Waals surface area (Å²) in [6, 6.07) is 20.5. The molecule has 130 valence electrons. The Morgan fingerprint density at radius 3 is 1.85 bits per heavy atom. The summed E-state index contributed by atoms with van der Waals surface area (Å²) in [6.45, 7) is 0.241. The van der Waals surface area contributed by atoms with E-state index >= 15 is 0 Å². The summed E-state index contributed by atoms with van der Waals surface area (Å²) < 4.78 is 11.2. The minimum absolute atomic E-state index is 0.241. The van der Waals surface area contributed by atoms with Crippen LogP contribution in [0.15, 0.2) is 60.7 Å². The van der Waals surface area contributed by atoms with Gasteiger partial charge in [0.05, 0.1) is 10.0 Å². The van der Waals surface area contributed by atoms with Crippen molar-refractivity contribution < 1.29 is 9.47 Å². The zero-order valence-electron chi connectivity index (χ0n) is 14.1. The number of halogens is 2. The highest BCUT2D eigenvalue weighted by atomic mass is 35.5. The summed E-state index contributed by atoms with van der Waals surface area (Å²) >= 11 is 13.7. The highest BCUT2D eigenvalue weighted by molar-refractivity contribution is 6.48. The van der Waals surface area contributed by atoms with Crippen molar-refractivity contribution in [3.63, 3.8) is 0 Å². The van der Waals surface area contributed by atoms with Crippen molar-refractivity contribution in [1.29, 1.82) is 0 Å².